The molecule has 0 saturated carbocycles. The number of benzene rings is 1. The number of likely N-dealkylation sites (N-methyl/N-ethyl adjacent to an activating group) is 2. The highest BCUT2D eigenvalue weighted by atomic mass is 16.5. The van der Waals surface area contributed by atoms with Crippen molar-refractivity contribution in [1.82, 2.24) is 9.80 Å². The average molecular weight is 290 g/mol. The summed E-state index contributed by atoms with van der Waals surface area (Å²) in [6.07, 6.45) is 2.49. The number of carbonyl (C=O) groups excluding carboxylic acids is 1. The zero-order valence-electron chi connectivity index (χ0n) is 13.3. The van der Waals surface area contributed by atoms with Crippen molar-refractivity contribution in [1.29, 1.82) is 0 Å². The molecule has 1 aliphatic heterocycles. The number of ketones is 1. The number of likely N-dealkylation sites (tertiary alicyclic amines) is 1. The Labute approximate surface area is 127 Å². The minimum atomic E-state index is 0.127. The van der Waals surface area contributed by atoms with Crippen LogP contribution in [0.15, 0.2) is 24.3 Å². The van der Waals surface area contributed by atoms with Gasteiger partial charge in [-0.3, -0.25) is 9.69 Å². The van der Waals surface area contributed by atoms with Crippen molar-refractivity contribution in [3.05, 3.63) is 29.8 Å². The Morgan fingerprint density at radius 2 is 2.19 bits per heavy atom. The summed E-state index contributed by atoms with van der Waals surface area (Å²) >= 11 is 0. The minimum Gasteiger partial charge on any atom is -0.493 e. The summed E-state index contributed by atoms with van der Waals surface area (Å²) in [5.41, 5.74) is 0.686. The van der Waals surface area contributed by atoms with Crippen molar-refractivity contribution in [3.63, 3.8) is 0 Å². The molecule has 1 aromatic carbocycles. The Bertz CT molecular complexity index is 476. The lowest BCUT2D eigenvalue weighted by Crippen LogP contribution is -2.38. The molecule has 1 unspecified atom stereocenters. The molecule has 21 heavy (non-hydrogen) atoms. The summed E-state index contributed by atoms with van der Waals surface area (Å²) in [4.78, 5) is 17.0. The van der Waals surface area contributed by atoms with Crippen LogP contribution in [0.5, 0.6) is 5.75 Å². The zero-order chi connectivity index (χ0) is 15.2. The zero-order valence-corrected chi connectivity index (χ0v) is 13.3. The second-order valence-electron chi connectivity index (χ2n) is 5.83. The Balaban J connectivity index is 1.94. The number of rotatable bonds is 7. The molecular formula is C17H26N2O2. The minimum absolute atomic E-state index is 0.127. The molecule has 1 saturated heterocycles. The van der Waals surface area contributed by atoms with Crippen molar-refractivity contribution in [2.75, 3.05) is 40.3 Å². The molecule has 0 spiro atoms. The third-order valence-electron chi connectivity index (χ3n) is 4.09. The van der Waals surface area contributed by atoms with Gasteiger partial charge in [0.05, 0.1) is 18.7 Å². The maximum absolute atomic E-state index is 12.5. The van der Waals surface area contributed by atoms with Gasteiger partial charge in [0.15, 0.2) is 5.78 Å². The Morgan fingerprint density at radius 1 is 1.43 bits per heavy atom. The number of carbonyl (C=O) groups is 1. The van der Waals surface area contributed by atoms with Crippen molar-refractivity contribution < 1.29 is 9.53 Å². The van der Waals surface area contributed by atoms with Gasteiger partial charge in [0.1, 0.15) is 5.75 Å². The summed E-state index contributed by atoms with van der Waals surface area (Å²) in [5.74, 6) is 0.818. The lowest BCUT2D eigenvalue weighted by atomic mass is 10.1. The smallest absolute Gasteiger partial charge is 0.180 e. The average Bonchev–Trinajstić information content (AvgIpc) is 2.85. The van der Waals surface area contributed by atoms with E-state index >= 15 is 0 Å². The van der Waals surface area contributed by atoms with Gasteiger partial charge in [-0.25, -0.2) is 0 Å². The molecule has 1 atom stereocenters. The highest BCUT2D eigenvalue weighted by molar-refractivity contribution is 6.00. The van der Waals surface area contributed by atoms with Gasteiger partial charge in [0, 0.05) is 12.6 Å². The topological polar surface area (TPSA) is 32.8 Å². The number of Topliss-reactive ketones (excluding diaryl/α,β-unsaturated/α-hetero) is 1. The van der Waals surface area contributed by atoms with Gasteiger partial charge < -0.3 is 9.64 Å². The second-order valence-corrected chi connectivity index (χ2v) is 5.83. The molecule has 0 radical (unpaired) electrons. The number of hydrogen-bond donors (Lipinski definition) is 0. The van der Waals surface area contributed by atoms with Gasteiger partial charge in [-0.15, -0.1) is 0 Å². The highest BCUT2D eigenvalue weighted by Crippen LogP contribution is 2.19. The van der Waals surface area contributed by atoms with E-state index in [4.69, 9.17) is 4.74 Å². The predicted molar refractivity (Wildman–Crippen MR) is 85.1 cm³/mol. The molecule has 1 fully saturated rings. The first-order valence-electron chi connectivity index (χ1n) is 7.75. The fraction of sp³-hybridized carbons (Fsp3) is 0.588. The van der Waals surface area contributed by atoms with Crippen LogP contribution in [0.3, 0.4) is 0 Å². The van der Waals surface area contributed by atoms with Crippen molar-refractivity contribution in [3.8, 4) is 5.75 Å². The van der Waals surface area contributed by atoms with Gasteiger partial charge in [-0.1, -0.05) is 12.1 Å². The van der Waals surface area contributed by atoms with E-state index in [0.717, 1.165) is 6.54 Å². The van der Waals surface area contributed by atoms with E-state index in [9.17, 15) is 4.79 Å². The number of hydrogen-bond acceptors (Lipinski definition) is 4. The van der Waals surface area contributed by atoms with E-state index in [1.165, 1.54) is 19.4 Å². The molecule has 1 aromatic rings. The van der Waals surface area contributed by atoms with Crippen molar-refractivity contribution >= 4 is 5.78 Å². The fourth-order valence-electron chi connectivity index (χ4n) is 2.94. The van der Waals surface area contributed by atoms with E-state index in [1.807, 2.05) is 38.2 Å². The lowest BCUT2D eigenvalue weighted by molar-refractivity contribution is 0.0928. The van der Waals surface area contributed by atoms with Crippen LogP contribution in [0, 0.1) is 0 Å². The molecule has 2 rings (SSSR count). The normalized spacial score (nSPS) is 19.1. The molecule has 1 heterocycles. The summed E-state index contributed by atoms with van der Waals surface area (Å²) in [6, 6.07) is 8.08. The first kappa shape index (κ1) is 16.0. The molecule has 0 aliphatic carbocycles. The fourth-order valence-corrected chi connectivity index (χ4v) is 2.94. The van der Waals surface area contributed by atoms with Gasteiger partial charge in [-0.2, -0.15) is 0 Å². The monoisotopic (exact) mass is 290 g/mol. The van der Waals surface area contributed by atoms with E-state index in [0.29, 0.717) is 30.5 Å². The first-order chi connectivity index (χ1) is 10.1. The van der Waals surface area contributed by atoms with Crippen LogP contribution in [-0.2, 0) is 0 Å². The third-order valence-corrected chi connectivity index (χ3v) is 4.09. The van der Waals surface area contributed by atoms with Crippen LogP contribution >= 0.6 is 0 Å². The molecule has 4 nitrogen and oxygen atoms in total. The third kappa shape index (κ3) is 4.29. The van der Waals surface area contributed by atoms with E-state index in [1.54, 1.807) is 0 Å². The summed E-state index contributed by atoms with van der Waals surface area (Å²) in [6.45, 7) is 5.06. The Kier molecular flexibility index (Phi) is 5.76. The molecule has 0 aromatic heterocycles. The molecule has 1 aliphatic rings. The molecule has 4 heteroatoms. The number of ether oxygens (including phenoxy) is 1. The maximum atomic E-state index is 12.5. The molecule has 0 amide bonds. The van der Waals surface area contributed by atoms with Crippen LogP contribution < -0.4 is 4.74 Å². The highest BCUT2D eigenvalue weighted by Gasteiger charge is 2.23. The predicted octanol–water partition coefficient (Wildman–Crippen LogP) is 2.29. The van der Waals surface area contributed by atoms with Crippen molar-refractivity contribution in [2.24, 2.45) is 0 Å². The quantitative estimate of drug-likeness (QED) is 0.721. The van der Waals surface area contributed by atoms with Crippen LogP contribution in [0.1, 0.15) is 30.1 Å². The molecule has 116 valence electrons. The largest absolute Gasteiger partial charge is 0.493 e. The van der Waals surface area contributed by atoms with Crippen LogP contribution in [-0.4, -0.2) is 62.0 Å². The van der Waals surface area contributed by atoms with Crippen LogP contribution in [0.25, 0.3) is 0 Å². The van der Waals surface area contributed by atoms with Crippen LogP contribution in [0.4, 0.5) is 0 Å². The standard InChI is InChI=1S/C17H26N2O2/c1-4-21-17-10-6-5-9-15(17)16(20)13-18(2)12-14-8-7-11-19(14)3/h5-6,9-10,14H,4,7-8,11-13H2,1-3H3. The van der Waals surface area contributed by atoms with Gasteiger partial charge in [0.2, 0.25) is 0 Å². The van der Waals surface area contributed by atoms with Crippen LogP contribution in [0.2, 0.25) is 0 Å². The maximum Gasteiger partial charge on any atom is 0.180 e. The van der Waals surface area contributed by atoms with E-state index in [-0.39, 0.29) is 5.78 Å². The van der Waals surface area contributed by atoms with E-state index < -0.39 is 0 Å². The van der Waals surface area contributed by atoms with Crippen molar-refractivity contribution in [2.45, 2.75) is 25.8 Å². The van der Waals surface area contributed by atoms with Gasteiger partial charge >= 0.3 is 0 Å². The molecule has 0 bridgehead atoms. The lowest BCUT2D eigenvalue weighted by Gasteiger charge is -2.25. The SMILES string of the molecule is CCOc1ccccc1C(=O)CN(C)CC1CCCN1C. The summed E-state index contributed by atoms with van der Waals surface area (Å²) in [5, 5.41) is 0. The summed E-state index contributed by atoms with van der Waals surface area (Å²) in [7, 11) is 4.19. The molecular weight excluding hydrogens is 264 g/mol. The van der Waals surface area contributed by atoms with Gasteiger partial charge in [-0.05, 0) is 52.5 Å². The Hall–Kier alpha value is -1.39. The Morgan fingerprint density at radius 3 is 2.86 bits per heavy atom. The number of para-hydroxylation sites is 1. The second kappa shape index (κ2) is 7.57. The first-order valence-corrected chi connectivity index (χ1v) is 7.75. The number of nitrogens with zero attached hydrogens (tertiary/aromatic N) is 2. The van der Waals surface area contributed by atoms with E-state index in [2.05, 4.69) is 16.8 Å². The molecule has 0 N–H and O–H groups in total. The van der Waals surface area contributed by atoms with Gasteiger partial charge in [0.25, 0.3) is 0 Å². The summed E-state index contributed by atoms with van der Waals surface area (Å²) < 4.78 is 5.54.